The summed E-state index contributed by atoms with van der Waals surface area (Å²) in [6, 6.07) is 16.1. The fourth-order valence-corrected chi connectivity index (χ4v) is 4.74. The molecule has 1 N–H and O–H groups in total. The standard InChI is InChI=1S/C25H32N2O3/c1-26(17-19(28)18-27-13-7-2-8-14-27)15-16-30-25(29)24-22-11-5-3-9-20(22)21-10-4-6-12-23(21)24/h3-6,9-12,19,24,28H,2,7-8,13-18H2,1H3. The largest absolute Gasteiger partial charge is 0.464 e. The molecule has 0 aromatic heterocycles. The Kier molecular flexibility index (Phi) is 6.82. The molecule has 1 atom stereocenters. The van der Waals surface area contributed by atoms with Crippen molar-refractivity contribution in [1.82, 2.24) is 9.80 Å². The number of aliphatic hydroxyl groups excluding tert-OH is 1. The van der Waals surface area contributed by atoms with Crippen LogP contribution in [-0.2, 0) is 9.53 Å². The molecule has 1 aliphatic carbocycles. The van der Waals surface area contributed by atoms with Gasteiger partial charge in [-0.05, 0) is 55.2 Å². The van der Waals surface area contributed by atoms with Crippen LogP contribution in [0.15, 0.2) is 48.5 Å². The number of ether oxygens (including phenoxy) is 1. The summed E-state index contributed by atoms with van der Waals surface area (Å²) in [5.74, 6) is -0.554. The van der Waals surface area contributed by atoms with Gasteiger partial charge >= 0.3 is 5.97 Å². The Bertz CT molecular complexity index is 817. The van der Waals surface area contributed by atoms with E-state index in [1.54, 1.807) is 0 Å². The van der Waals surface area contributed by atoms with Gasteiger partial charge in [-0.1, -0.05) is 55.0 Å². The summed E-state index contributed by atoms with van der Waals surface area (Å²) < 4.78 is 5.67. The predicted octanol–water partition coefficient (Wildman–Crippen LogP) is 3.12. The fraction of sp³-hybridized carbons (Fsp3) is 0.480. The lowest BCUT2D eigenvalue weighted by Crippen LogP contribution is -2.41. The average Bonchev–Trinajstić information content (AvgIpc) is 3.09. The number of benzene rings is 2. The van der Waals surface area contributed by atoms with E-state index in [1.165, 1.54) is 19.3 Å². The van der Waals surface area contributed by atoms with Crippen LogP contribution >= 0.6 is 0 Å². The van der Waals surface area contributed by atoms with Crippen LogP contribution in [0.3, 0.4) is 0 Å². The van der Waals surface area contributed by atoms with Crippen molar-refractivity contribution >= 4 is 5.97 Å². The Balaban J connectivity index is 1.28. The molecule has 5 nitrogen and oxygen atoms in total. The maximum Gasteiger partial charge on any atom is 0.318 e. The summed E-state index contributed by atoms with van der Waals surface area (Å²) in [6.07, 6.45) is 3.38. The summed E-state index contributed by atoms with van der Waals surface area (Å²) >= 11 is 0. The quantitative estimate of drug-likeness (QED) is 0.680. The van der Waals surface area contributed by atoms with E-state index >= 15 is 0 Å². The van der Waals surface area contributed by atoms with Gasteiger partial charge in [0.1, 0.15) is 12.5 Å². The van der Waals surface area contributed by atoms with Gasteiger partial charge in [0.15, 0.2) is 0 Å². The van der Waals surface area contributed by atoms with E-state index in [4.69, 9.17) is 4.74 Å². The highest BCUT2D eigenvalue weighted by atomic mass is 16.5. The third-order valence-corrected chi connectivity index (χ3v) is 6.23. The number of likely N-dealkylation sites (tertiary alicyclic amines) is 1. The van der Waals surface area contributed by atoms with E-state index in [0.29, 0.717) is 19.7 Å². The zero-order chi connectivity index (χ0) is 20.9. The Morgan fingerprint density at radius 2 is 1.67 bits per heavy atom. The van der Waals surface area contributed by atoms with Crippen molar-refractivity contribution in [3.05, 3.63) is 59.7 Å². The molecule has 1 saturated heterocycles. The number of rotatable bonds is 8. The molecule has 0 radical (unpaired) electrons. The molecular weight excluding hydrogens is 376 g/mol. The Labute approximate surface area is 179 Å². The summed E-state index contributed by atoms with van der Waals surface area (Å²) in [4.78, 5) is 17.3. The summed E-state index contributed by atoms with van der Waals surface area (Å²) in [5.41, 5.74) is 4.28. The van der Waals surface area contributed by atoms with Gasteiger partial charge in [-0.3, -0.25) is 4.79 Å². The van der Waals surface area contributed by atoms with Gasteiger partial charge in [0.2, 0.25) is 0 Å². The molecule has 0 amide bonds. The van der Waals surface area contributed by atoms with Gasteiger partial charge in [-0.15, -0.1) is 0 Å². The molecule has 4 rings (SSSR count). The maximum atomic E-state index is 12.9. The van der Waals surface area contributed by atoms with Crippen LogP contribution in [0.1, 0.15) is 36.3 Å². The Morgan fingerprint density at radius 1 is 1.07 bits per heavy atom. The number of likely N-dealkylation sites (N-methyl/N-ethyl adjacent to an activating group) is 1. The van der Waals surface area contributed by atoms with Gasteiger partial charge in [0.25, 0.3) is 0 Å². The van der Waals surface area contributed by atoms with E-state index in [-0.39, 0.29) is 18.0 Å². The highest BCUT2D eigenvalue weighted by molar-refractivity contribution is 5.93. The van der Waals surface area contributed by atoms with Crippen molar-refractivity contribution in [3.63, 3.8) is 0 Å². The van der Waals surface area contributed by atoms with Crippen molar-refractivity contribution in [2.45, 2.75) is 31.3 Å². The number of hydrogen-bond donors (Lipinski definition) is 1. The molecule has 1 fully saturated rings. The third kappa shape index (κ3) is 4.75. The van der Waals surface area contributed by atoms with Gasteiger partial charge in [-0.2, -0.15) is 0 Å². The molecule has 0 bridgehead atoms. The van der Waals surface area contributed by atoms with E-state index in [2.05, 4.69) is 17.0 Å². The number of esters is 1. The molecule has 1 unspecified atom stereocenters. The molecular formula is C25H32N2O3. The number of carbonyl (C=O) groups excluding carboxylic acids is 1. The zero-order valence-corrected chi connectivity index (χ0v) is 17.8. The van der Waals surface area contributed by atoms with Crippen LogP contribution in [0.25, 0.3) is 11.1 Å². The summed E-state index contributed by atoms with van der Waals surface area (Å²) in [7, 11) is 1.97. The van der Waals surface area contributed by atoms with Gasteiger partial charge in [-0.25, -0.2) is 0 Å². The topological polar surface area (TPSA) is 53.0 Å². The van der Waals surface area contributed by atoms with Crippen LogP contribution in [0.2, 0.25) is 0 Å². The SMILES string of the molecule is CN(CCOC(=O)C1c2ccccc2-c2ccccc21)CC(O)CN1CCCCC1. The maximum absolute atomic E-state index is 12.9. The molecule has 1 heterocycles. The highest BCUT2D eigenvalue weighted by Gasteiger charge is 2.34. The number of carbonyl (C=O) groups is 1. The van der Waals surface area contributed by atoms with Gasteiger partial charge < -0.3 is 19.6 Å². The minimum atomic E-state index is -0.377. The Morgan fingerprint density at radius 3 is 2.30 bits per heavy atom. The van der Waals surface area contributed by atoms with Crippen LogP contribution in [-0.4, -0.2) is 73.4 Å². The van der Waals surface area contributed by atoms with Crippen LogP contribution in [0.5, 0.6) is 0 Å². The van der Waals surface area contributed by atoms with Crippen molar-refractivity contribution < 1.29 is 14.6 Å². The average molecular weight is 409 g/mol. The number of piperidine rings is 1. The van der Waals surface area contributed by atoms with Crippen molar-refractivity contribution in [2.75, 3.05) is 46.4 Å². The van der Waals surface area contributed by atoms with E-state index in [0.717, 1.165) is 41.9 Å². The van der Waals surface area contributed by atoms with Crippen molar-refractivity contribution in [3.8, 4) is 11.1 Å². The number of nitrogens with zero attached hydrogens (tertiary/aromatic N) is 2. The molecule has 2 aliphatic rings. The van der Waals surface area contributed by atoms with Crippen molar-refractivity contribution in [1.29, 1.82) is 0 Å². The molecule has 1 aliphatic heterocycles. The van der Waals surface area contributed by atoms with Gasteiger partial charge in [0, 0.05) is 19.6 Å². The smallest absolute Gasteiger partial charge is 0.318 e. The number of hydrogen-bond acceptors (Lipinski definition) is 5. The highest BCUT2D eigenvalue weighted by Crippen LogP contribution is 2.44. The molecule has 2 aromatic carbocycles. The number of aliphatic hydroxyl groups is 1. The molecule has 0 spiro atoms. The molecule has 30 heavy (non-hydrogen) atoms. The number of fused-ring (bicyclic) bond motifs is 3. The van der Waals surface area contributed by atoms with Crippen LogP contribution < -0.4 is 0 Å². The minimum Gasteiger partial charge on any atom is -0.464 e. The Hall–Kier alpha value is -2.21. The second-order valence-electron chi connectivity index (χ2n) is 8.55. The second kappa shape index (κ2) is 9.73. The number of β-amino-alcohol motifs (C(OH)–C–C–N with tert-alkyl or cyclic N) is 1. The first-order valence-corrected chi connectivity index (χ1v) is 11.1. The van der Waals surface area contributed by atoms with E-state index < -0.39 is 0 Å². The zero-order valence-electron chi connectivity index (χ0n) is 17.8. The lowest BCUT2D eigenvalue weighted by molar-refractivity contribution is -0.144. The second-order valence-corrected chi connectivity index (χ2v) is 8.55. The van der Waals surface area contributed by atoms with Crippen molar-refractivity contribution in [2.24, 2.45) is 0 Å². The lowest BCUT2D eigenvalue weighted by atomic mass is 9.97. The molecule has 5 heteroatoms. The lowest BCUT2D eigenvalue weighted by Gasteiger charge is -2.30. The first-order chi connectivity index (χ1) is 14.6. The minimum absolute atomic E-state index is 0.199. The van der Waals surface area contributed by atoms with Crippen LogP contribution in [0.4, 0.5) is 0 Å². The summed E-state index contributed by atoms with van der Waals surface area (Å²) in [5, 5.41) is 10.4. The van der Waals surface area contributed by atoms with Gasteiger partial charge in [0.05, 0.1) is 6.10 Å². The predicted molar refractivity (Wildman–Crippen MR) is 118 cm³/mol. The molecule has 160 valence electrons. The van der Waals surface area contributed by atoms with E-state index in [1.807, 2.05) is 48.3 Å². The third-order valence-electron chi connectivity index (χ3n) is 6.23. The normalized spacial score (nSPS) is 17.6. The first kappa shape index (κ1) is 21.0. The monoisotopic (exact) mass is 408 g/mol. The summed E-state index contributed by atoms with van der Waals surface area (Å²) in [6.45, 7) is 4.42. The van der Waals surface area contributed by atoms with Crippen LogP contribution in [0, 0.1) is 0 Å². The first-order valence-electron chi connectivity index (χ1n) is 11.1. The molecule has 2 aromatic rings. The van der Waals surface area contributed by atoms with E-state index in [9.17, 15) is 9.90 Å². The molecule has 0 saturated carbocycles. The fourth-order valence-electron chi connectivity index (χ4n) is 4.74.